The molecule has 0 spiro atoms. The van der Waals surface area contributed by atoms with Crippen molar-refractivity contribution in [3.63, 3.8) is 0 Å². The molecular formula is C28H25BrN2O3S. The van der Waals surface area contributed by atoms with Crippen molar-refractivity contribution in [2.45, 2.75) is 32.6 Å². The van der Waals surface area contributed by atoms with Crippen LogP contribution in [0.15, 0.2) is 59.1 Å². The Morgan fingerprint density at radius 2 is 1.94 bits per heavy atom. The van der Waals surface area contributed by atoms with Gasteiger partial charge in [-0.15, -0.1) is 11.3 Å². The van der Waals surface area contributed by atoms with Crippen LogP contribution in [-0.4, -0.2) is 24.0 Å². The van der Waals surface area contributed by atoms with Crippen LogP contribution in [0.1, 0.15) is 50.9 Å². The normalized spacial score (nSPS) is 15.0. The fourth-order valence-electron chi connectivity index (χ4n) is 4.71. The van der Waals surface area contributed by atoms with Crippen LogP contribution in [-0.2, 0) is 17.6 Å². The number of methoxy groups -OCH3 is 1. The smallest absolute Gasteiger partial charge is 0.341 e. The number of carbonyl (C=O) groups excluding carboxylic acids is 2. The molecule has 5 rings (SSSR count). The minimum atomic E-state index is -0.400. The van der Waals surface area contributed by atoms with Gasteiger partial charge in [0.05, 0.1) is 29.4 Å². The van der Waals surface area contributed by atoms with E-state index in [4.69, 9.17) is 9.72 Å². The number of thiophene rings is 1. The van der Waals surface area contributed by atoms with E-state index in [1.807, 2.05) is 54.6 Å². The number of halogens is 1. The molecule has 0 unspecified atom stereocenters. The third kappa shape index (κ3) is 4.62. The molecule has 2 aromatic carbocycles. The fraction of sp³-hybridized carbons (Fsp3) is 0.250. The lowest BCUT2D eigenvalue weighted by Crippen LogP contribution is -2.17. The number of amides is 1. The lowest BCUT2D eigenvalue weighted by molar-refractivity contribution is 0.0601. The molecular weight excluding hydrogens is 524 g/mol. The number of nitrogens with zero attached hydrogens (tertiary/aromatic N) is 1. The van der Waals surface area contributed by atoms with Crippen molar-refractivity contribution in [2.75, 3.05) is 12.4 Å². The van der Waals surface area contributed by atoms with Crippen LogP contribution < -0.4 is 5.32 Å². The molecule has 1 aliphatic carbocycles. The number of pyridine rings is 1. The van der Waals surface area contributed by atoms with E-state index in [-0.39, 0.29) is 5.91 Å². The number of para-hydroxylation sites is 1. The largest absolute Gasteiger partial charge is 0.465 e. The number of hydrogen-bond acceptors (Lipinski definition) is 5. The van der Waals surface area contributed by atoms with E-state index in [2.05, 4.69) is 28.2 Å². The quantitative estimate of drug-likeness (QED) is 0.266. The molecule has 0 aliphatic heterocycles. The summed E-state index contributed by atoms with van der Waals surface area (Å²) in [6, 6.07) is 17.3. The molecule has 1 N–H and O–H groups in total. The number of ether oxygens (including phenoxy) is 1. The van der Waals surface area contributed by atoms with Crippen molar-refractivity contribution < 1.29 is 14.3 Å². The van der Waals surface area contributed by atoms with Crippen LogP contribution in [0.5, 0.6) is 0 Å². The van der Waals surface area contributed by atoms with Gasteiger partial charge in [-0.3, -0.25) is 4.79 Å². The summed E-state index contributed by atoms with van der Waals surface area (Å²) in [5.41, 5.74) is 4.41. The Bertz CT molecular complexity index is 1430. The van der Waals surface area contributed by atoms with E-state index in [0.29, 0.717) is 27.7 Å². The molecule has 0 radical (unpaired) electrons. The molecule has 2 heterocycles. The van der Waals surface area contributed by atoms with Crippen molar-refractivity contribution >= 4 is 55.0 Å². The number of anilines is 1. The zero-order valence-corrected chi connectivity index (χ0v) is 22.0. The standard InChI is InChI=1S/C28H25BrN2O3S/c1-3-16-8-13-20-24(14-16)35-27(25(20)28(33)34-2)31-26(32)21-15-23(17-9-11-18(29)12-10-17)30-22-7-5-4-6-19(21)22/h4-7,9-12,15-16H,3,8,13-14H2,1-2H3,(H,31,32)/t16-/m1/s1. The van der Waals surface area contributed by atoms with E-state index in [1.165, 1.54) is 23.3 Å². The van der Waals surface area contributed by atoms with Gasteiger partial charge in [-0.05, 0) is 55.0 Å². The van der Waals surface area contributed by atoms with Crippen LogP contribution >= 0.6 is 27.3 Å². The van der Waals surface area contributed by atoms with Gasteiger partial charge in [0.25, 0.3) is 5.91 Å². The predicted molar refractivity (Wildman–Crippen MR) is 144 cm³/mol. The molecule has 1 amide bonds. The van der Waals surface area contributed by atoms with Crippen LogP contribution in [0.3, 0.4) is 0 Å². The summed E-state index contributed by atoms with van der Waals surface area (Å²) in [5.74, 6) is -0.0616. The van der Waals surface area contributed by atoms with Crippen molar-refractivity contribution in [2.24, 2.45) is 5.92 Å². The fourth-order valence-corrected chi connectivity index (χ4v) is 6.32. The molecule has 178 valence electrons. The van der Waals surface area contributed by atoms with Crippen LogP contribution in [0.2, 0.25) is 0 Å². The van der Waals surface area contributed by atoms with Crippen LogP contribution in [0.25, 0.3) is 22.2 Å². The molecule has 0 bridgehead atoms. The van der Waals surface area contributed by atoms with E-state index in [0.717, 1.165) is 52.2 Å². The van der Waals surface area contributed by atoms with Crippen molar-refractivity contribution in [3.8, 4) is 11.3 Å². The lowest BCUT2D eigenvalue weighted by Gasteiger charge is -2.20. The van der Waals surface area contributed by atoms with E-state index in [9.17, 15) is 9.59 Å². The Hall–Kier alpha value is -3.03. The van der Waals surface area contributed by atoms with Crippen molar-refractivity contribution in [3.05, 3.63) is 80.6 Å². The summed E-state index contributed by atoms with van der Waals surface area (Å²) < 4.78 is 6.08. The van der Waals surface area contributed by atoms with Gasteiger partial charge < -0.3 is 10.1 Å². The Labute approximate surface area is 216 Å². The molecule has 2 aromatic heterocycles. The van der Waals surface area contributed by atoms with Gasteiger partial charge in [0.2, 0.25) is 0 Å². The predicted octanol–water partition coefficient (Wildman–Crippen LogP) is 7.28. The van der Waals surface area contributed by atoms with Crippen LogP contribution in [0.4, 0.5) is 5.00 Å². The van der Waals surface area contributed by atoms with Crippen molar-refractivity contribution in [1.82, 2.24) is 4.98 Å². The topological polar surface area (TPSA) is 68.3 Å². The average molecular weight is 549 g/mol. The maximum absolute atomic E-state index is 13.7. The molecule has 35 heavy (non-hydrogen) atoms. The first-order valence-electron chi connectivity index (χ1n) is 11.7. The summed E-state index contributed by atoms with van der Waals surface area (Å²) in [6.07, 6.45) is 3.91. The molecule has 4 aromatic rings. The average Bonchev–Trinajstić information content (AvgIpc) is 3.24. The van der Waals surface area contributed by atoms with Gasteiger partial charge in [0.15, 0.2) is 0 Å². The van der Waals surface area contributed by atoms with Gasteiger partial charge in [-0.1, -0.05) is 59.6 Å². The third-order valence-electron chi connectivity index (χ3n) is 6.66. The Morgan fingerprint density at radius 1 is 1.17 bits per heavy atom. The Kier molecular flexibility index (Phi) is 6.71. The summed E-state index contributed by atoms with van der Waals surface area (Å²) in [4.78, 5) is 32.4. The summed E-state index contributed by atoms with van der Waals surface area (Å²) >= 11 is 4.97. The van der Waals surface area contributed by atoms with Crippen LogP contribution in [0, 0.1) is 5.92 Å². The lowest BCUT2D eigenvalue weighted by atomic mass is 9.85. The van der Waals surface area contributed by atoms with E-state index >= 15 is 0 Å². The van der Waals surface area contributed by atoms with Gasteiger partial charge in [-0.2, -0.15) is 0 Å². The molecule has 1 aliphatic rings. The number of carbonyl (C=O) groups is 2. The molecule has 0 fully saturated rings. The highest BCUT2D eigenvalue weighted by molar-refractivity contribution is 9.10. The second-order valence-corrected chi connectivity index (χ2v) is 10.8. The first-order chi connectivity index (χ1) is 17.0. The summed E-state index contributed by atoms with van der Waals surface area (Å²) in [5, 5.41) is 4.38. The number of nitrogens with one attached hydrogen (secondary N) is 1. The Balaban J connectivity index is 1.57. The third-order valence-corrected chi connectivity index (χ3v) is 8.36. The zero-order valence-electron chi connectivity index (χ0n) is 19.6. The highest BCUT2D eigenvalue weighted by Crippen LogP contribution is 2.41. The van der Waals surface area contributed by atoms with E-state index in [1.54, 1.807) is 0 Å². The van der Waals surface area contributed by atoms with Gasteiger partial charge >= 0.3 is 5.97 Å². The number of esters is 1. The number of aromatic nitrogens is 1. The number of rotatable bonds is 5. The number of hydrogen-bond donors (Lipinski definition) is 1. The minimum absolute atomic E-state index is 0.266. The maximum atomic E-state index is 13.7. The molecule has 0 saturated carbocycles. The number of fused-ring (bicyclic) bond motifs is 2. The summed E-state index contributed by atoms with van der Waals surface area (Å²) in [7, 11) is 1.39. The monoisotopic (exact) mass is 548 g/mol. The maximum Gasteiger partial charge on any atom is 0.341 e. The SMILES string of the molecule is CC[C@@H]1CCc2c(sc(NC(=O)c3cc(-c4ccc(Br)cc4)nc4ccccc34)c2C(=O)OC)C1. The second-order valence-electron chi connectivity index (χ2n) is 8.75. The molecule has 7 heteroatoms. The minimum Gasteiger partial charge on any atom is -0.465 e. The molecule has 1 atom stereocenters. The van der Waals surface area contributed by atoms with Gasteiger partial charge in [0.1, 0.15) is 5.00 Å². The highest BCUT2D eigenvalue weighted by atomic mass is 79.9. The molecule has 5 nitrogen and oxygen atoms in total. The summed E-state index contributed by atoms with van der Waals surface area (Å²) in [6.45, 7) is 2.20. The van der Waals surface area contributed by atoms with Crippen molar-refractivity contribution in [1.29, 1.82) is 0 Å². The first-order valence-corrected chi connectivity index (χ1v) is 13.3. The zero-order chi connectivity index (χ0) is 24.5. The van der Waals surface area contributed by atoms with E-state index < -0.39 is 5.97 Å². The Morgan fingerprint density at radius 3 is 2.69 bits per heavy atom. The first kappa shape index (κ1) is 23.7. The van der Waals surface area contributed by atoms with Gasteiger partial charge in [0, 0.05) is 20.3 Å². The second kappa shape index (κ2) is 9.91. The highest BCUT2D eigenvalue weighted by Gasteiger charge is 2.30. The van der Waals surface area contributed by atoms with Gasteiger partial charge in [-0.25, -0.2) is 9.78 Å². The number of benzene rings is 2. The molecule has 0 saturated heterocycles.